The fourth-order valence-corrected chi connectivity index (χ4v) is 5.72. The molecular formula is C18H16ClNO4S. The zero-order valence-electron chi connectivity index (χ0n) is 13.4. The number of fused-ring (bicyclic) bond motifs is 4. The van der Waals surface area contributed by atoms with Crippen LogP contribution in [-0.2, 0) is 14.6 Å². The van der Waals surface area contributed by atoms with Gasteiger partial charge in [0, 0.05) is 22.9 Å². The molecule has 0 aromatic heterocycles. The predicted molar refractivity (Wildman–Crippen MR) is 93.4 cm³/mol. The Morgan fingerprint density at radius 3 is 2.64 bits per heavy atom. The minimum absolute atomic E-state index is 0.133. The molecule has 3 atom stereocenters. The van der Waals surface area contributed by atoms with Crippen molar-refractivity contribution in [3.8, 4) is 5.75 Å². The van der Waals surface area contributed by atoms with Crippen LogP contribution in [0, 0.1) is 0 Å². The summed E-state index contributed by atoms with van der Waals surface area (Å²) in [5.74, 6) is -0.518. The molecule has 2 bridgehead atoms. The number of carbonyl (C=O) groups is 1. The number of hydrogen-bond acceptors (Lipinski definition) is 4. The van der Waals surface area contributed by atoms with Crippen molar-refractivity contribution in [3.05, 3.63) is 59.1 Å². The lowest BCUT2D eigenvalue weighted by molar-refractivity contribution is -0.132. The van der Waals surface area contributed by atoms with Crippen molar-refractivity contribution in [1.29, 1.82) is 0 Å². The van der Waals surface area contributed by atoms with Gasteiger partial charge in [-0.2, -0.15) is 0 Å². The minimum atomic E-state index is -3.86. The van der Waals surface area contributed by atoms with Crippen LogP contribution < -0.4 is 10.1 Å². The highest BCUT2D eigenvalue weighted by Crippen LogP contribution is 2.47. The summed E-state index contributed by atoms with van der Waals surface area (Å²) in [6.07, 6.45) is 0.364. The Morgan fingerprint density at radius 1 is 1.20 bits per heavy atom. The van der Waals surface area contributed by atoms with E-state index in [4.69, 9.17) is 16.3 Å². The number of sulfone groups is 1. The molecule has 2 heterocycles. The number of nitrogens with one attached hydrogen (secondary N) is 1. The molecule has 0 saturated carbocycles. The summed E-state index contributed by atoms with van der Waals surface area (Å²) in [4.78, 5) is 12.9. The van der Waals surface area contributed by atoms with Gasteiger partial charge in [-0.1, -0.05) is 29.8 Å². The SMILES string of the molecule is C[C@@]12C[C@@H](c3cc(Cl)ccc3O1)[C@@H](S(=O)(=O)c1ccccc1)C(=O)N2. The van der Waals surface area contributed by atoms with Crippen molar-refractivity contribution >= 4 is 27.3 Å². The van der Waals surface area contributed by atoms with Gasteiger partial charge in [-0.3, -0.25) is 4.79 Å². The van der Waals surface area contributed by atoms with Crippen molar-refractivity contribution in [1.82, 2.24) is 5.32 Å². The molecule has 2 aromatic carbocycles. The number of halogens is 1. The van der Waals surface area contributed by atoms with E-state index in [9.17, 15) is 13.2 Å². The molecule has 2 aromatic rings. The van der Waals surface area contributed by atoms with Crippen molar-refractivity contribution < 1.29 is 17.9 Å². The van der Waals surface area contributed by atoms with Crippen molar-refractivity contribution in [3.63, 3.8) is 0 Å². The maximum Gasteiger partial charge on any atom is 0.242 e. The Balaban J connectivity index is 1.88. The molecule has 0 aliphatic carbocycles. The first-order valence-corrected chi connectivity index (χ1v) is 9.82. The second-order valence-electron chi connectivity index (χ2n) is 6.59. The summed E-state index contributed by atoms with van der Waals surface area (Å²) in [5.41, 5.74) is -0.269. The van der Waals surface area contributed by atoms with Gasteiger partial charge in [0.15, 0.2) is 20.8 Å². The third kappa shape index (κ3) is 2.60. The summed E-state index contributed by atoms with van der Waals surface area (Å²) >= 11 is 6.10. The summed E-state index contributed by atoms with van der Waals surface area (Å²) < 4.78 is 32.2. The van der Waals surface area contributed by atoms with Gasteiger partial charge in [-0.05, 0) is 37.3 Å². The van der Waals surface area contributed by atoms with Gasteiger partial charge in [0.2, 0.25) is 5.91 Å². The van der Waals surface area contributed by atoms with Crippen LogP contribution in [0.4, 0.5) is 0 Å². The van der Waals surface area contributed by atoms with Gasteiger partial charge in [-0.25, -0.2) is 8.42 Å². The number of ether oxygens (including phenoxy) is 1. The fraction of sp³-hybridized carbons (Fsp3) is 0.278. The zero-order chi connectivity index (χ0) is 17.8. The van der Waals surface area contributed by atoms with Gasteiger partial charge < -0.3 is 10.1 Å². The minimum Gasteiger partial charge on any atom is -0.468 e. The van der Waals surface area contributed by atoms with E-state index in [1.165, 1.54) is 12.1 Å². The van der Waals surface area contributed by atoms with Crippen LogP contribution >= 0.6 is 11.6 Å². The van der Waals surface area contributed by atoms with Crippen molar-refractivity contribution in [2.24, 2.45) is 0 Å². The van der Waals surface area contributed by atoms with E-state index in [2.05, 4.69) is 5.32 Å². The lowest BCUT2D eigenvalue weighted by Crippen LogP contribution is -2.63. The monoisotopic (exact) mass is 377 g/mol. The molecule has 2 aliphatic rings. The van der Waals surface area contributed by atoms with Gasteiger partial charge >= 0.3 is 0 Å². The summed E-state index contributed by atoms with van der Waals surface area (Å²) in [6, 6.07) is 13.1. The highest BCUT2D eigenvalue weighted by Gasteiger charge is 2.54. The summed E-state index contributed by atoms with van der Waals surface area (Å²) in [7, 11) is -3.86. The fourth-order valence-electron chi connectivity index (χ4n) is 3.69. The highest BCUT2D eigenvalue weighted by atomic mass is 35.5. The Hall–Kier alpha value is -2.05. The highest BCUT2D eigenvalue weighted by molar-refractivity contribution is 7.92. The molecule has 0 radical (unpaired) electrons. The average Bonchev–Trinajstić information content (AvgIpc) is 2.55. The quantitative estimate of drug-likeness (QED) is 0.873. The normalized spacial score (nSPS) is 27.8. The Kier molecular flexibility index (Phi) is 3.60. The first kappa shape index (κ1) is 16.4. The van der Waals surface area contributed by atoms with E-state index in [1.54, 1.807) is 43.3 Å². The second-order valence-corrected chi connectivity index (χ2v) is 9.10. The number of hydrogen-bond donors (Lipinski definition) is 1. The molecule has 1 saturated heterocycles. The standard InChI is InChI=1S/C18H16ClNO4S/c1-18-10-14(13-9-11(19)7-8-15(13)24-18)16(17(21)20-18)25(22,23)12-5-3-2-4-6-12/h2-9,14,16H,10H2,1H3,(H,20,21)/t14-,16+,18-/m0/s1. The van der Waals surface area contributed by atoms with Crippen molar-refractivity contribution in [2.45, 2.75) is 35.1 Å². The van der Waals surface area contributed by atoms with Gasteiger partial charge in [0.1, 0.15) is 5.75 Å². The van der Waals surface area contributed by atoms with E-state index in [0.717, 1.165) is 0 Å². The number of benzene rings is 2. The van der Waals surface area contributed by atoms with Crippen LogP contribution in [0.3, 0.4) is 0 Å². The summed E-state index contributed by atoms with van der Waals surface area (Å²) in [6.45, 7) is 1.75. The molecule has 4 rings (SSSR count). The smallest absolute Gasteiger partial charge is 0.242 e. The molecule has 1 fully saturated rings. The molecule has 0 unspecified atom stereocenters. The molecule has 1 amide bonds. The van der Waals surface area contributed by atoms with Crippen LogP contribution in [0.25, 0.3) is 0 Å². The van der Waals surface area contributed by atoms with Crippen LogP contribution in [0.5, 0.6) is 5.75 Å². The number of rotatable bonds is 2. The van der Waals surface area contributed by atoms with Crippen LogP contribution in [-0.4, -0.2) is 25.3 Å². The molecule has 5 nitrogen and oxygen atoms in total. The third-order valence-corrected chi connectivity index (χ3v) is 7.11. The molecule has 25 heavy (non-hydrogen) atoms. The van der Waals surface area contributed by atoms with E-state index in [1.807, 2.05) is 0 Å². The van der Waals surface area contributed by atoms with Gasteiger partial charge in [0.05, 0.1) is 4.90 Å². The van der Waals surface area contributed by atoms with Gasteiger partial charge in [0.25, 0.3) is 0 Å². The first-order chi connectivity index (χ1) is 11.8. The zero-order valence-corrected chi connectivity index (χ0v) is 15.0. The van der Waals surface area contributed by atoms with E-state index in [-0.39, 0.29) is 4.90 Å². The van der Waals surface area contributed by atoms with E-state index < -0.39 is 32.6 Å². The van der Waals surface area contributed by atoms with Crippen LogP contribution in [0.15, 0.2) is 53.4 Å². The molecular weight excluding hydrogens is 362 g/mol. The molecule has 1 N–H and O–H groups in total. The van der Waals surface area contributed by atoms with E-state index in [0.29, 0.717) is 22.8 Å². The lowest BCUT2D eigenvalue weighted by Gasteiger charge is -2.46. The number of piperidine rings is 1. The third-order valence-electron chi connectivity index (χ3n) is 4.73. The molecule has 2 aliphatic heterocycles. The maximum absolute atomic E-state index is 13.2. The average molecular weight is 378 g/mol. The second kappa shape index (κ2) is 5.47. The maximum atomic E-state index is 13.2. The van der Waals surface area contributed by atoms with E-state index >= 15 is 0 Å². The Labute approximate surface area is 150 Å². The Bertz CT molecular complexity index is 960. The molecule has 130 valence electrons. The number of carbonyl (C=O) groups excluding carboxylic acids is 1. The van der Waals surface area contributed by atoms with Crippen LogP contribution in [0.1, 0.15) is 24.8 Å². The predicted octanol–water partition coefficient (Wildman–Crippen LogP) is 2.89. The van der Waals surface area contributed by atoms with Crippen molar-refractivity contribution in [2.75, 3.05) is 0 Å². The molecule has 0 spiro atoms. The summed E-state index contributed by atoms with van der Waals surface area (Å²) in [5, 5.41) is 1.99. The topological polar surface area (TPSA) is 72.5 Å². The first-order valence-electron chi connectivity index (χ1n) is 7.90. The number of amides is 1. The lowest BCUT2D eigenvalue weighted by atomic mass is 9.81. The largest absolute Gasteiger partial charge is 0.468 e. The molecule has 7 heteroatoms. The Morgan fingerprint density at radius 2 is 1.92 bits per heavy atom. The van der Waals surface area contributed by atoms with Gasteiger partial charge in [-0.15, -0.1) is 0 Å². The van der Waals surface area contributed by atoms with Crippen LogP contribution in [0.2, 0.25) is 5.02 Å².